The van der Waals surface area contributed by atoms with Crippen molar-refractivity contribution in [2.75, 3.05) is 11.6 Å². The van der Waals surface area contributed by atoms with E-state index < -0.39 is 12.0 Å². The highest BCUT2D eigenvalue weighted by atomic mass is 16.4. The first kappa shape index (κ1) is 13.6. The summed E-state index contributed by atoms with van der Waals surface area (Å²) < 4.78 is 0. The fraction of sp³-hybridized carbons (Fsp3) is 0.400. The van der Waals surface area contributed by atoms with E-state index in [-0.39, 0.29) is 18.0 Å². The van der Waals surface area contributed by atoms with Crippen LogP contribution in [0, 0.1) is 5.92 Å². The van der Waals surface area contributed by atoms with Crippen molar-refractivity contribution in [3.05, 3.63) is 30.3 Å². The Morgan fingerprint density at radius 2 is 2.00 bits per heavy atom. The highest BCUT2D eigenvalue weighted by Gasteiger charge is 2.36. The number of benzene rings is 1. The molecular weight excluding hydrogens is 270 g/mol. The molecule has 1 fully saturated rings. The fourth-order valence-corrected chi connectivity index (χ4v) is 2.32. The van der Waals surface area contributed by atoms with Crippen molar-refractivity contribution in [1.82, 2.24) is 5.32 Å². The first-order valence-electron chi connectivity index (χ1n) is 7.08. The van der Waals surface area contributed by atoms with Gasteiger partial charge in [-0.05, 0) is 30.9 Å². The van der Waals surface area contributed by atoms with Crippen molar-refractivity contribution in [3.63, 3.8) is 0 Å². The smallest absolute Gasteiger partial charge is 0.328 e. The number of hydrazone groups is 1. The predicted octanol–water partition coefficient (Wildman–Crippen LogP) is 1.23. The highest BCUT2D eigenvalue weighted by Crippen LogP contribution is 2.28. The van der Waals surface area contributed by atoms with E-state index in [1.54, 1.807) is 12.1 Å². The van der Waals surface area contributed by atoms with Gasteiger partial charge in [-0.1, -0.05) is 18.2 Å². The molecule has 1 aromatic carbocycles. The molecule has 21 heavy (non-hydrogen) atoms. The summed E-state index contributed by atoms with van der Waals surface area (Å²) in [6.45, 7) is 0.654. The molecule has 2 aliphatic rings. The minimum Gasteiger partial charge on any atom is -0.480 e. The molecule has 0 radical (unpaired) electrons. The van der Waals surface area contributed by atoms with Crippen LogP contribution in [0.15, 0.2) is 35.4 Å². The largest absolute Gasteiger partial charge is 0.480 e. The Kier molecular flexibility index (Phi) is 3.60. The predicted molar refractivity (Wildman–Crippen MR) is 78.1 cm³/mol. The lowest BCUT2D eigenvalue weighted by Gasteiger charge is -2.19. The molecule has 3 rings (SSSR count). The van der Waals surface area contributed by atoms with Gasteiger partial charge >= 0.3 is 5.97 Å². The molecule has 0 bridgehead atoms. The van der Waals surface area contributed by atoms with Crippen LogP contribution in [0.5, 0.6) is 0 Å². The number of carboxylic acid groups (broad SMARTS) is 1. The number of carbonyl (C=O) groups is 2. The maximum absolute atomic E-state index is 12.1. The Morgan fingerprint density at radius 1 is 1.29 bits per heavy atom. The Bertz CT molecular complexity index is 581. The van der Waals surface area contributed by atoms with Gasteiger partial charge in [0.1, 0.15) is 5.71 Å². The lowest BCUT2D eigenvalue weighted by molar-refractivity contribution is -0.138. The van der Waals surface area contributed by atoms with E-state index in [4.69, 9.17) is 0 Å². The quantitative estimate of drug-likeness (QED) is 0.853. The first-order chi connectivity index (χ1) is 10.1. The third kappa shape index (κ3) is 3.04. The van der Waals surface area contributed by atoms with Crippen molar-refractivity contribution >= 4 is 23.3 Å². The van der Waals surface area contributed by atoms with Gasteiger partial charge in [0.05, 0.1) is 5.69 Å². The molecule has 1 amide bonds. The first-order valence-corrected chi connectivity index (χ1v) is 7.08. The third-order valence-electron chi connectivity index (χ3n) is 3.73. The number of amides is 1. The van der Waals surface area contributed by atoms with E-state index >= 15 is 0 Å². The second kappa shape index (κ2) is 5.55. The van der Waals surface area contributed by atoms with Gasteiger partial charge in [-0.25, -0.2) is 4.79 Å². The molecule has 1 heterocycles. The van der Waals surface area contributed by atoms with Crippen molar-refractivity contribution < 1.29 is 14.7 Å². The number of nitrogens with one attached hydrogen (secondary N) is 1. The second-order valence-corrected chi connectivity index (χ2v) is 5.44. The molecule has 1 saturated carbocycles. The molecule has 1 aliphatic heterocycles. The molecule has 1 aliphatic carbocycles. The molecule has 6 heteroatoms. The SMILES string of the molecule is O=C(NCC1CC1)C1=NN(c2ccccc2)C(C(=O)O)C1. The second-order valence-electron chi connectivity index (χ2n) is 5.44. The summed E-state index contributed by atoms with van der Waals surface area (Å²) in [5, 5.41) is 17.8. The zero-order chi connectivity index (χ0) is 14.8. The summed E-state index contributed by atoms with van der Waals surface area (Å²) in [4.78, 5) is 23.4. The summed E-state index contributed by atoms with van der Waals surface area (Å²) >= 11 is 0. The molecule has 1 unspecified atom stereocenters. The average Bonchev–Trinajstić information content (AvgIpc) is 3.21. The van der Waals surface area contributed by atoms with E-state index in [1.165, 1.54) is 5.01 Å². The van der Waals surface area contributed by atoms with Crippen LogP contribution in [0.2, 0.25) is 0 Å². The number of nitrogens with zero attached hydrogens (tertiary/aromatic N) is 2. The summed E-state index contributed by atoms with van der Waals surface area (Å²) in [7, 11) is 0. The minimum atomic E-state index is -0.979. The summed E-state index contributed by atoms with van der Waals surface area (Å²) in [5.41, 5.74) is 0.960. The number of anilines is 1. The fourth-order valence-electron chi connectivity index (χ4n) is 2.32. The Labute approximate surface area is 122 Å². The van der Waals surface area contributed by atoms with Gasteiger partial charge in [-0.2, -0.15) is 5.10 Å². The van der Waals surface area contributed by atoms with E-state index in [2.05, 4.69) is 10.4 Å². The third-order valence-corrected chi connectivity index (χ3v) is 3.73. The van der Waals surface area contributed by atoms with Gasteiger partial charge in [0, 0.05) is 13.0 Å². The van der Waals surface area contributed by atoms with Gasteiger partial charge in [0.25, 0.3) is 5.91 Å². The maximum Gasteiger partial charge on any atom is 0.328 e. The van der Waals surface area contributed by atoms with Gasteiger partial charge in [-0.15, -0.1) is 0 Å². The molecule has 2 N–H and O–H groups in total. The monoisotopic (exact) mass is 287 g/mol. The number of para-hydroxylation sites is 1. The van der Waals surface area contributed by atoms with Crippen LogP contribution in [0.4, 0.5) is 5.69 Å². The summed E-state index contributed by atoms with van der Waals surface area (Å²) in [6, 6.07) is 8.22. The molecular formula is C15H17N3O3. The van der Waals surface area contributed by atoms with Crippen molar-refractivity contribution in [2.24, 2.45) is 11.0 Å². The van der Waals surface area contributed by atoms with Gasteiger partial charge < -0.3 is 10.4 Å². The Morgan fingerprint density at radius 3 is 2.62 bits per heavy atom. The van der Waals surface area contributed by atoms with Gasteiger partial charge in [0.15, 0.2) is 6.04 Å². The van der Waals surface area contributed by atoms with Crippen LogP contribution < -0.4 is 10.3 Å². The molecule has 110 valence electrons. The van der Waals surface area contributed by atoms with Crippen LogP contribution in [0.3, 0.4) is 0 Å². The van der Waals surface area contributed by atoms with E-state index in [1.807, 2.05) is 18.2 Å². The van der Waals surface area contributed by atoms with Crippen molar-refractivity contribution in [3.8, 4) is 0 Å². The lowest BCUT2D eigenvalue weighted by atomic mass is 10.1. The van der Waals surface area contributed by atoms with E-state index in [0.29, 0.717) is 18.2 Å². The van der Waals surface area contributed by atoms with Crippen molar-refractivity contribution in [2.45, 2.75) is 25.3 Å². The van der Waals surface area contributed by atoms with Gasteiger partial charge in [-0.3, -0.25) is 9.80 Å². The zero-order valence-electron chi connectivity index (χ0n) is 11.5. The molecule has 0 spiro atoms. The van der Waals surface area contributed by atoms with Crippen LogP contribution in [-0.2, 0) is 9.59 Å². The molecule has 1 atom stereocenters. The molecule has 0 saturated heterocycles. The summed E-state index contributed by atoms with van der Waals surface area (Å²) in [6.07, 6.45) is 2.43. The van der Waals surface area contributed by atoms with Crippen LogP contribution in [0.1, 0.15) is 19.3 Å². The van der Waals surface area contributed by atoms with Gasteiger partial charge in [0.2, 0.25) is 0 Å². The van der Waals surface area contributed by atoms with Crippen molar-refractivity contribution in [1.29, 1.82) is 0 Å². The number of aliphatic carboxylic acids is 1. The average molecular weight is 287 g/mol. The number of hydrogen-bond acceptors (Lipinski definition) is 4. The van der Waals surface area contributed by atoms with E-state index in [9.17, 15) is 14.7 Å². The van der Waals surface area contributed by atoms with E-state index in [0.717, 1.165) is 12.8 Å². The zero-order valence-corrected chi connectivity index (χ0v) is 11.5. The minimum absolute atomic E-state index is 0.126. The summed E-state index contributed by atoms with van der Waals surface area (Å²) in [5.74, 6) is -0.657. The molecule has 0 aromatic heterocycles. The van der Waals surface area contributed by atoms with Crippen LogP contribution >= 0.6 is 0 Å². The Hall–Kier alpha value is -2.37. The normalized spacial score (nSPS) is 21.0. The van der Waals surface area contributed by atoms with Crippen LogP contribution in [0.25, 0.3) is 0 Å². The standard InChI is InChI=1S/C15H17N3O3/c19-14(16-9-10-6-7-10)12-8-13(15(20)21)18(17-12)11-4-2-1-3-5-11/h1-5,10,13H,6-9H2,(H,16,19)(H,20,21). The highest BCUT2D eigenvalue weighted by molar-refractivity contribution is 6.40. The maximum atomic E-state index is 12.1. The Balaban J connectivity index is 1.75. The number of rotatable bonds is 5. The topological polar surface area (TPSA) is 82.0 Å². The number of carbonyl (C=O) groups excluding carboxylic acids is 1. The van der Waals surface area contributed by atoms with Crippen LogP contribution in [-0.4, -0.2) is 35.3 Å². The number of carboxylic acids is 1. The molecule has 1 aromatic rings. The molecule has 6 nitrogen and oxygen atoms in total. The number of hydrogen-bond donors (Lipinski definition) is 2. The lowest BCUT2D eigenvalue weighted by Crippen LogP contribution is -2.35.